The van der Waals surface area contributed by atoms with Gasteiger partial charge >= 0.3 is 14.2 Å². The highest BCUT2D eigenvalue weighted by molar-refractivity contribution is 6.60. The first-order chi connectivity index (χ1) is 32.3. The van der Waals surface area contributed by atoms with E-state index in [1.54, 1.807) is 49.1 Å². The van der Waals surface area contributed by atoms with E-state index in [2.05, 4.69) is 49.0 Å². The van der Waals surface area contributed by atoms with Crippen LogP contribution in [-0.2, 0) is 0 Å². The number of nitrogens with two attached hydrogens (primary N) is 2. The van der Waals surface area contributed by atoms with E-state index in [0.717, 1.165) is 56.2 Å². The Morgan fingerprint density at radius 1 is 0.493 bits per heavy atom. The molecule has 0 unspecified atom stereocenters. The van der Waals surface area contributed by atoms with Crippen molar-refractivity contribution in [3.05, 3.63) is 216 Å². The Balaban J connectivity index is 0.000000179. The second-order valence-corrected chi connectivity index (χ2v) is 14.4. The van der Waals surface area contributed by atoms with E-state index in [1.165, 1.54) is 30.5 Å². The number of hydrogen-bond acceptors (Lipinski definition) is 13. The predicted octanol–water partition coefficient (Wildman–Crippen LogP) is 6.56. The van der Waals surface area contributed by atoms with Gasteiger partial charge in [-0.2, -0.15) is 10.5 Å². The Kier molecular flexibility index (Phi) is 17.9. The lowest BCUT2D eigenvalue weighted by atomic mass is 9.75. The van der Waals surface area contributed by atoms with Crippen LogP contribution in [0.4, 0.5) is 5.69 Å². The minimum atomic E-state index is -1.52. The Bertz CT molecular complexity index is 2830. The molecule has 326 valence electrons. The lowest BCUT2D eigenvalue weighted by Gasteiger charge is -2.06. The van der Waals surface area contributed by atoms with Crippen LogP contribution in [-0.4, -0.2) is 59.3 Å². The Morgan fingerprint density at radius 3 is 1.09 bits per heavy atom. The van der Waals surface area contributed by atoms with Gasteiger partial charge < -0.3 is 31.6 Å². The van der Waals surface area contributed by atoms with Gasteiger partial charge in [0.15, 0.2) is 0 Å². The molecule has 8 N–H and O–H groups in total. The van der Waals surface area contributed by atoms with Crippen molar-refractivity contribution in [3.63, 3.8) is 0 Å². The molecular formula is C50H39B2ClN10O4. The quantitative estimate of drug-likeness (QED) is 0.0538. The van der Waals surface area contributed by atoms with Gasteiger partial charge in [0.05, 0.1) is 40.5 Å². The van der Waals surface area contributed by atoms with Gasteiger partial charge in [-0.25, -0.2) is 9.83 Å². The summed E-state index contributed by atoms with van der Waals surface area (Å²) >= 11 is 5.45. The normalized spacial score (nSPS) is 9.76. The number of halogens is 1. The summed E-state index contributed by atoms with van der Waals surface area (Å²) in [5.41, 5.74) is 23.7. The van der Waals surface area contributed by atoms with Crippen molar-refractivity contribution in [3.8, 4) is 57.2 Å². The molecule has 67 heavy (non-hydrogen) atoms. The van der Waals surface area contributed by atoms with Crippen molar-refractivity contribution in [2.24, 2.45) is 11.5 Å². The van der Waals surface area contributed by atoms with Gasteiger partial charge in [-0.1, -0.05) is 104 Å². The van der Waals surface area contributed by atoms with E-state index in [9.17, 15) is 0 Å². The number of nitrogens with zero attached hydrogens (tertiary/aromatic N) is 8. The molecule has 5 heterocycles. The summed E-state index contributed by atoms with van der Waals surface area (Å²) in [5, 5.41) is 52.2. The van der Waals surface area contributed by atoms with Gasteiger partial charge in [-0.05, 0) is 65.5 Å². The summed E-state index contributed by atoms with van der Waals surface area (Å²) in [4.78, 5) is 24.4. The largest absolute Gasteiger partial charge is 0.488 e. The lowest BCUT2D eigenvalue weighted by molar-refractivity contribution is 0.423. The molecule has 0 saturated heterocycles. The molecule has 0 aliphatic heterocycles. The van der Waals surface area contributed by atoms with Crippen LogP contribution in [0.15, 0.2) is 178 Å². The maximum Gasteiger partial charge on any atom is 0.488 e. The van der Waals surface area contributed by atoms with Crippen LogP contribution in [0, 0.1) is 29.2 Å². The van der Waals surface area contributed by atoms with Crippen LogP contribution in [0.25, 0.3) is 61.3 Å². The molecule has 17 heteroatoms. The fourth-order valence-corrected chi connectivity index (χ4v) is 5.78. The second kappa shape index (κ2) is 24.3. The topological polar surface area (TPSA) is 249 Å². The molecule has 0 saturated carbocycles. The molecule has 0 amide bonds. The van der Waals surface area contributed by atoms with Crippen molar-refractivity contribution >= 4 is 53.8 Å². The number of pyridine rings is 5. The third-order valence-corrected chi connectivity index (χ3v) is 9.60. The zero-order valence-electron chi connectivity index (χ0n) is 35.6. The van der Waals surface area contributed by atoms with Gasteiger partial charge in [0.25, 0.3) is 0 Å². The molecule has 0 aliphatic rings. The monoisotopic (exact) mass is 900 g/mol. The number of hydrogen-bond donors (Lipinski definition) is 6. The van der Waals surface area contributed by atoms with E-state index in [0.29, 0.717) is 44.3 Å². The third kappa shape index (κ3) is 14.6. The van der Waals surface area contributed by atoms with E-state index >= 15 is 0 Å². The van der Waals surface area contributed by atoms with E-state index < -0.39 is 14.2 Å². The molecule has 8 rings (SSSR count). The highest BCUT2D eigenvalue weighted by Crippen LogP contribution is 2.25. The zero-order chi connectivity index (χ0) is 48.3. The summed E-state index contributed by atoms with van der Waals surface area (Å²) in [6.45, 7) is 14.3. The SMILES string of the molecule is C=C(N)c1ccc(-c2ccc(-c3ccc(C(=C)N)cn3)cc2)nc1.N#Cc1ccc(Cl)nc1.OB(O)c1ccc(B(O)O)cc1.[C-]#[N+]c1ccc(-c2ccc(-c3ccc(C#N)cn3)cc2)nc1. The summed E-state index contributed by atoms with van der Waals surface area (Å²) < 4.78 is 0. The highest BCUT2D eigenvalue weighted by Gasteiger charge is 2.14. The first-order valence-corrected chi connectivity index (χ1v) is 20.2. The summed E-state index contributed by atoms with van der Waals surface area (Å²) in [6, 6.07) is 43.7. The first-order valence-electron chi connectivity index (χ1n) is 19.8. The van der Waals surface area contributed by atoms with Crippen molar-refractivity contribution in [2.45, 2.75) is 0 Å². The van der Waals surface area contributed by atoms with Gasteiger partial charge in [0.2, 0.25) is 5.69 Å². The smallest absolute Gasteiger partial charge is 0.423 e. The zero-order valence-corrected chi connectivity index (χ0v) is 36.3. The van der Waals surface area contributed by atoms with E-state index in [1.807, 2.05) is 91.0 Å². The van der Waals surface area contributed by atoms with Gasteiger partial charge in [-0.15, -0.1) is 0 Å². The minimum absolute atomic E-state index is 0.319. The average Bonchev–Trinajstić information content (AvgIpc) is 3.37. The molecule has 0 aliphatic carbocycles. The summed E-state index contributed by atoms with van der Waals surface area (Å²) in [6.07, 6.45) is 8.02. The molecule has 3 aromatic carbocycles. The molecular weight excluding hydrogens is 862 g/mol. The van der Waals surface area contributed by atoms with Gasteiger partial charge in [0.1, 0.15) is 17.3 Å². The van der Waals surface area contributed by atoms with Crippen molar-refractivity contribution in [1.82, 2.24) is 24.9 Å². The molecule has 0 spiro atoms. The van der Waals surface area contributed by atoms with Gasteiger partial charge in [-0.3, -0.25) is 19.9 Å². The van der Waals surface area contributed by atoms with Crippen molar-refractivity contribution in [1.29, 1.82) is 10.5 Å². The maximum atomic E-state index is 8.78. The Labute approximate surface area is 392 Å². The maximum absolute atomic E-state index is 8.78. The fourth-order valence-electron chi connectivity index (χ4n) is 5.67. The van der Waals surface area contributed by atoms with E-state index in [-0.39, 0.29) is 0 Å². The number of benzene rings is 3. The lowest BCUT2D eigenvalue weighted by Crippen LogP contribution is -2.34. The van der Waals surface area contributed by atoms with E-state index in [4.69, 9.17) is 60.3 Å². The molecule has 0 bridgehead atoms. The second-order valence-electron chi connectivity index (χ2n) is 14.0. The van der Waals surface area contributed by atoms with Crippen LogP contribution < -0.4 is 22.4 Å². The number of aromatic nitrogens is 5. The first kappa shape index (κ1) is 49.2. The van der Waals surface area contributed by atoms with Crippen LogP contribution in [0.2, 0.25) is 5.15 Å². The Hall–Kier alpha value is -8.78. The van der Waals surface area contributed by atoms with Crippen LogP contribution in [0.5, 0.6) is 0 Å². The van der Waals surface area contributed by atoms with Crippen LogP contribution in [0.3, 0.4) is 0 Å². The Morgan fingerprint density at radius 2 is 0.836 bits per heavy atom. The standard InChI is InChI=1S/C20H18N4.C18H10N4.C6H8B2O4.C6H3ClN2/c1-13(21)17-7-9-19(23-11-17)15-3-5-16(6-4-15)20-10-8-18(12-24-20)14(2)22;1-20-16-7-9-18(22-12-16)15-5-3-14(4-6-15)17-8-2-13(10-19)11-21-17;9-7(10)5-1-2-6(4-3-5)8(11)12;7-6-2-1-5(3-8)4-9-6/h3-12H,1-2,21-22H2;2-9,11-12H;1-4,9-12H;1-2,4H. The van der Waals surface area contributed by atoms with Crippen LogP contribution >= 0.6 is 11.6 Å². The minimum Gasteiger partial charge on any atom is -0.423 e. The van der Waals surface area contributed by atoms with Crippen LogP contribution in [0.1, 0.15) is 22.3 Å². The molecule has 8 aromatic rings. The predicted molar refractivity (Wildman–Crippen MR) is 263 cm³/mol. The molecule has 0 fully saturated rings. The number of nitriles is 2. The highest BCUT2D eigenvalue weighted by atomic mass is 35.5. The third-order valence-electron chi connectivity index (χ3n) is 9.38. The molecule has 0 atom stereocenters. The molecule has 14 nitrogen and oxygen atoms in total. The fraction of sp³-hybridized carbons (Fsp3) is 0. The van der Waals surface area contributed by atoms with Crippen molar-refractivity contribution < 1.29 is 20.1 Å². The molecule has 0 radical (unpaired) electrons. The molecule has 5 aromatic heterocycles. The summed E-state index contributed by atoms with van der Waals surface area (Å²) in [7, 11) is -3.04. The van der Waals surface area contributed by atoms with Crippen molar-refractivity contribution in [2.75, 3.05) is 0 Å². The average molecular weight is 901 g/mol. The number of rotatable bonds is 8. The summed E-state index contributed by atoms with van der Waals surface area (Å²) in [5.74, 6) is 0. The van der Waals surface area contributed by atoms with Gasteiger partial charge in [0, 0.05) is 75.8 Å².